The van der Waals surface area contributed by atoms with Crippen molar-refractivity contribution < 1.29 is 9.90 Å². The smallest absolute Gasteiger partial charge is 0.312 e. The van der Waals surface area contributed by atoms with Gasteiger partial charge in [-0.05, 0) is 12.3 Å². The van der Waals surface area contributed by atoms with Gasteiger partial charge in [0.25, 0.3) is 0 Å². The van der Waals surface area contributed by atoms with Gasteiger partial charge in [-0.1, -0.05) is 13.8 Å². The number of amides is 2. The summed E-state index contributed by atoms with van der Waals surface area (Å²) in [7, 11) is 0. The number of aliphatic hydroxyl groups is 1. The maximum absolute atomic E-state index is 10.4. The first-order chi connectivity index (χ1) is 5.07. The molecule has 0 aromatic rings. The van der Waals surface area contributed by atoms with E-state index < -0.39 is 6.03 Å². The molecule has 0 aliphatic carbocycles. The first-order valence-electron chi connectivity index (χ1n) is 3.74. The number of urea groups is 1. The summed E-state index contributed by atoms with van der Waals surface area (Å²) in [4.78, 5) is 10.4. The molecular formula is C7H16N2O2. The molecular weight excluding hydrogens is 144 g/mol. The molecule has 0 saturated carbocycles. The number of carbonyl (C=O) groups excluding carboxylic acids is 1. The van der Waals surface area contributed by atoms with Crippen molar-refractivity contribution in [3.8, 4) is 0 Å². The van der Waals surface area contributed by atoms with Crippen LogP contribution in [0.1, 0.15) is 20.3 Å². The Morgan fingerprint density at radius 1 is 1.64 bits per heavy atom. The Hall–Kier alpha value is -0.770. The van der Waals surface area contributed by atoms with Gasteiger partial charge >= 0.3 is 6.03 Å². The Labute approximate surface area is 66.8 Å². The zero-order valence-electron chi connectivity index (χ0n) is 7.00. The molecule has 4 heteroatoms. The number of nitrogens with one attached hydrogen (secondary N) is 1. The molecule has 2 amide bonds. The normalized spacial score (nSPS) is 13.1. The molecule has 0 spiro atoms. The number of nitrogens with two attached hydrogens (primary N) is 1. The Balaban J connectivity index is 3.79. The third-order valence-electron chi connectivity index (χ3n) is 1.57. The molecule has 0 bridgehead atoms. The molecule has 0 saturated heterocycles. The predicted octanol–water partition coefficient (Wildman–Crippen LogP) is 0.0617. The summed E-state index contributed by atoms with van der Waals surface area (Å²) in [6, 6.07) is -0.547. The molecule has 4 N–H and O–H groups in total. The van der Waals surface area contributed by atoms with Gasteiger partial charge in [0.05, 0.1) is 0 Å². The van der Waals surface area contributed by atoms with Gasteiger partial charge in [0.2, 0.25) is 0 Å². The predicted molar refractivity (Wildman–Crippen MR) is 43.0 cm³/mol. The highest BCUT2D eigenvalue weighted by molar-refractivity contribution is 5.71. The van der Waals surface area contributed by atoms with Gasteiger partial charge in [-0.25, -0.2) is 4.79 Å². The highest BCUT2D eigenvalue weighted by Gasteiger charge is 2.13. The quantitative estimate of drug-likeness (QED) is 0.544. The molecule has 0 heterocycles. The first-order valence-corrected chi connectivity index (χ1v) is 3.74. The van der Waals surface area contributed by atoms with Crippen LogP contribution in [0.4, 0.5) is 4.79 Å². The van der Waals surface area contributed by atoms with Crippen molar-refractivity contribution in [2.24, 2.45) is 11.7 Å². The molecule has 4 nitrogen and oxygen atoms in total. The first kappa shape index (κ1) is 10.2. The largest absolute Gasteiger partial charge is 0.396 e. The number of rotatable bonds is 4. The average Bonchev–Trinajstić information content (AvgIpc) is 1.86. The Bertz CT molecular complexity index is 126. The van der Waals surface area contributed by atoms with E-state index >= 15 is 0 Å². The monoisotopic (exact) mass is 160 g/mol. The minimum Gasteiger partial charge on any atom is -0.396 e. The Morgan fingerprint density at radius 3 is 2.45 bits per heavy atom. The molecule has 0 fully saturated rings. The minimum atomic E-state index is -0.530. The van der Waals surface area contributed by atoms with Crippen LogP contribution in [-0.4, -0.2) is 23.8 Å². The number of hydrogen-bond acceptors (Lipinski definition) is 2. The van der Waals surface area contributed by atoms with Gasteiger partial charge in [-0.3, -0.25) is 0 Å². The number of hydrogen-bond donors (Lipinski definition) is 3. The highest BCUT2D eigenvalue weighted by atomic mass is 16.3. The summed E-state index contributed by atoms with van der Waals surface area (Å²) in [5.74, 6) is 0.301. The van der Waals surface area contributed by atoms with Crippen LogP contribution >= 0.6 is 0 Å². The SMILES string of the molecule is CC(C)C(CCO)NC(N)=O. The molecule has 66 valence electrons. The minimum absolute atomic E-state index is 0.0162. The molecule has 0 aliphatic rings. The lowest BCUT2D eigenvalue weighted by atomic mass is 10.0. The lowest BCUT2D eigenvalue weighted by molar-refractivity contribution is 0.225. The lowest BCUT2D eigenvalue weighted by Gasteiger charge is -2.19. The van der Waals surface area contributed by atoms with E-state index in [1.165, 1.54) is 0 Å². The van der Waals surface area contributed by atoms with Crippen molar-refractivity contribution in [3.05, 3.63) is 0 Å². The highest BCUT2D eigenvalue weighted by Crippen LogP contribution is 2.04. The second-order valence-electron chi connectivity index (χ2n) is 2.87. The molecule has 11 heavy (non-hydrogen) atoms. The maximum Gasteiger partial charge on any atom is 0.312 e. The van der Waals surface area contributed by atoms with Crippen molar-refractivity contribution >= 4 is 6.03 Å². The summed E-state index contributed by atoms with van der Waals surface area (Å²) < 4.78 is 0. The molecule has 0 aromatic carbocycles. The van der Waals surface area contributed by atoms with Crippen LogP contribution in [0.3, 0.4) is 0 Å². The topological polar surface area (TPSA) is 75.3 Å². The van der Waals surface area contributed by atoms with Gasteiger partial charge in [-0.2, -0.15) is 0 Å². The fraction of sp³-hybridized carbons (Fsp3) is 0.857. The van der Waals surface area contributed by atoms with E-state index in [0.29, 0.717) is 12.3 Å². The van der Waals surface area contributed by atoms with Crippen LogP contribution in [0.15, 0.2) is 0 Å². The van der Waals surface area contributed by atoms with Crippen molar-refractivity contribution in [1.29, 1.82) is 0 Å². The zero-order chi connectivity index (χ0) is 8.85. The van der Waals surface area contributed by atoms with Gasteiger partial charge < -0.3 is 16.2 Å². The molecule has 0 rings (SSSR count). The molecule has 1 atom stereocenters. The standard InChI is InChI=1S/C7H16N2O2/c1-5(2)6(3-4-10)9-7(8)11/h5-6,10H,3-4H2,1-2H3,(H3,8,9,11). The van der Waals surface area contributed by atoms with Crippen molar-refractivity contribution in [2.75, 3.05) is 6.61 Å². The number of aliphatic hydroxyl groups excluding tert-OH is 1. The fourth-order valence-corrected chi connectivity index (χ4v) is 0.894. The number of carbonyl (C=O) groups is 1. The lowest BCUT2D eigenvalue weighted by Crippen LogP contribution is -2.42. The summed E-state index contributed by atoms with van der Waals surface area (Å²) in [5.41, 5.74) is 4.93. The molecule has 0 aromatic heterocycles. The van der Waals surface area contributed by atoms with Gasteiger partial charge in [0.15, 0.2) is 0 Å². The van der Waals surface area contributed by atoms with Gasteiger partial charge in [0.1, 0.15) is 0 Å². The van der Waals surface area contributed by atoms with E-state index in [1.54, 1.807) is 0 Å². The zero-order valence-corrected chi connectivity index (χ0v) is 7.00. The average molecular weight is 160 g/mol. The molecule has 0 aliphatic heterocycles. The van der Waals surface area contributed by atoms with Crippen LogP contribution in [-0.2, 0) is 0 Å². The molecule has 0 radical (unpaired) electrons. The van der Waals surface area contributed by atoms with E-state index in [9.17, 15) is 4.79 Å². The Morgan fingerprint density at radius 2 is 2.18 bits per heavy atom. The summed E-state index contributed by atoms with van der Waals surface area (Å²) in [6.45, 7) is 4.01. The van der Waals surface area contributed by atoms with Crippen LogP contribution in [0.25, 0.3) is 0 Å². The van der Waals surface area contributed by atoms with E-state index in [0.717, 1.165) is 0 Å². The van der Waals surface area contributed by atoms with E-state index in [2.05, 4.69) is 5.32 Å². The van der Waals surface area contributed by atoms with E-state index in [-0.39, 0.29) is 12.6 Å². The second-order valence-corrected chi connectivity index (χ2v) is 2.87. The molecule has 1 unspecified atom stereocenters. The Kier molecular flexibility index (Phi) is 4.61. The third-order valence-corrected chi connectivity index (χ3v) is 1.57. The van der Waals surface area contributed by atoms with Crippen LogP contribution < -0.4 is 11.1 Å². The van der Waals surface area contributed by atoms with Crippen molar-refractivity contribution in [1.82, 2.24) is 5.32 Å². The van der Waals surface area contributed by atoms with E-state index in [1.807, 2.05) is 13.8 Å². The van der Waals surface area contributed by atoms with Crippen LogP contribution in [0.5, 0.6) is 0 Å². The fourth-order valence-electron chi connectivity index (χ4n) is 0.894. The third kappa shape index (κ3) is 4.61. The summed E-state index contributed by atoms with van der Waals surface area (Å²) >= 11 is 0. The maximum atomic E-state index is 10.4. The number of primary amides is 1. The van der Waals surface area contributed by atoms with E-state index in [4.69, 9.17) is 10.8 Å². The summed E-state index contributed by atoms with van der Waals surface area (Å²) in [6.07, 6.45) is 0.556. The van der Waals surface area contributed by atoms with Gasteiger partial charge in [0, 0.05) is 12.6 Å². The van der Waals surface area contributed by atoms with Crippen molar-refractivity contribution in [2.45, 2.75) is 26.3 Å². The van der Waals surface area contributed by atoms with Crippen LogP contribution in [0.2, 0.25) is 0 Å². The van der Waals surface area contributed by atoms with Crippen molar-refractivity contribution in [3.63, 3.8) is 0 Å². The van der Waals surface area contributed by atoms with Crippen LogP contribution in [0, 0.1) is 5.92 Å². The second kappa shape index (κ2) is 4.96. The van der Waals surface area contributed by atoms with Gasteiger partial charge in [-0.15, -0.1) is 0 Å². The summed E-state index contributed by atoms with van der Waals surface area (Å²) in [5, 5.41) is 11.2.